The van der Waals surface area contributed by atoms with E-state index in [1.807, 2.05) is 18.2 Å². The third kappa shape index (κ3) is 3.53. The van der Waals surface area contributed by atoms with Crippen molar-refractivity contribution in [2.45, 2.75) is 32.2 Å². The van der Waals surface area contributed by atoms with E-state index >= 15 is 0 Å². The van der Waals surface area contributed by atoms with Gasteiger partial charge in [-0.1, -0.05) is 25.0 Å². The van der Waals surface area contributed by atoms with Crippen molar-refractivity contribution in [1.29, 1.82) is 0 Å². The molecule has 1 N–H and O–H groups in total. The summed E-state index contributed by atoms with van der Waals surface area (Å²) in [7, 11) is 0. The average molecular weight is 351 g/mol. The Morgan fingerprint density at radius 1 is 1.04 bits per heavy atom. The molecule has 26 heavy (non-hydrogen) atoms. The van der Waals surface area contributed by atoms with Crippen molar-refractivity contribution in [2.75, 3.05) is 13.1 Å². The lowest BCUT2D eigenvalue weighted by Crippen LogP contribution is -2.24. The summed E-state index contributed by atoms with van der Waals surface area (Å²) in [6, 6.07) is 12.0. The van der Waals surface area contributed by atoms with Gasteiger partial charge in [0.05, 0.1) is 10.9 Å². The molecule has 0 amide bonds. The molecule has 2 heterocycles. The van der Waals surface area contributed by atoms with Gasteiger partial charge in [-0.3, -0.25) is 9.69 Å². The summed E-state index contributed by atoms with van der Waals surface area (Å²) >= 11 is 0. The second-order valence-electron chi connectivity index (χ2n) is 6.92. The molecular formula is C21H22FN3O. The molecule has 1 aromatic heterocycles. The summed E-state index contributed by atoms with van der Waals surface area (Å²) in [5, 5.41) is 0.562. The van der Waals surface area contributed by atoms with Crippen LogP contribution in [0.2, 0.25) is 0 Å². The fourth-order valence-electron chi connectivity index (χ4n) is 3.67. The number of halogens is 1. The van der Waals surface area contributed by atoms with Gasteiger partial charge in [-0.15, -0.1) is 0 Å². The number of hydrogen-bond acceptors (Lipinski definition) is 3. The normalized spacial score (nSPS) is 15.9. The topological polar surface area (TPSA) is 49.0 Å². The van der Waals surface area contributed by atoms with Gasteiger partial charge in [0.2, 0.25) is 0 Å². The lowest BCUT2D eigenvalue weighted by atomic mass is 10.1. The van der Waals surface area contributed by atoms with Crippen LogP contribution >= 0.6 is 0 Å². The molecule has 4 nitrogen and oxygen atoms in total. The number of aromatic amines is 1. The van der Waals surface area contributed by atoms with Crippen LogP contribution in [0.4, 0.5) is 4.39 Å². The summed E-state index contributed by atoms with van der Waals surface area (Å²) in [5.74, 6) is 0.236. The van der Waals surface area contributed by atoms with Crippen LogP contribution in [-0.4, -0.2) is 28.0 Å². The molecule has 1 fully saturated rings. The summed E-state index contributed by atoms with van der Waals surface area (Å²) < 4.78 is 13.9. The molecule has 0 saturated carbocycles. The van der Waals surface area contributed by atoms with E-state index in [9.17, 15) is 9.18 Å². The number of rotatable bonds is 3. The SMILES string of the molecule is O=c1[nH]c(-c2ccc(F)cc2CN2CCCCCC2)nc2ccccc12. The van der Waals surface area contributed by atoms with Crippen molar-refractivity contribution >= 4 is 10.9 Å². The van der Waals surface area contributed by atoms with Crippen molar-refractivity contribution in [3.05, 3.63) is 64.2 Å². The van der Waals surface area contributed by atoms with Gasteiger partial charge in [-0.05, 0) is 61.8 Å². The Kier molecular flexibility index (Phi) is 4.80. The number of hydrogen-bond donors (Lipinski definition) is 1. The maximum atomic E-state index is 13.9. The minimum Gasteiger partial charge on any atom is -0.306 e. The summed E-state index contributed by atoms with van der Waals surface area (Å²) in [4.78, 5) is 22.3. The van der Waals surface area contributed by atoms with Gasteiger partial charge in [-0.2, -0.15) is 0 Å². The van der Waals surface area contributed by atoms with E-state index in [-0.39, 0.29) is 11.4 Å². The number of fused-ring (bicyclic) bond motifs is 1. The third-order valence-corrected chi connectivity index (χ3v) is 5.03. The number of aromatic nitrogens is 2. The smallest absolute Gasteiger partial charge is 0.259 e. The molecule has 0 atom stereocenters. The van der Waals surface area contributed by atoms with Crippen LogP contribution in [-0.2, 0) is 6.54 Å². The maximum Gasteiger partial charge on any atom is 0.259 e. The molecule has 0 spiro atoms. The van der Waals surface area contributed by atoms with E-state index in [1.165, 1.54) is 31.7 Å². The molecule has 2 aromatic carbocycles. The molecule has 3 aromatic rings. The van der Waals surface area contributed by atoms with Gasteiger partial charge in [0.1, 0.15) is 11.6 Å². The molecule has 0 radical (unpaired) electrons. The molecule has 0 bridgehead atoms. The number of likely N-dealkylation sites (tertiary alicyclic amines) is 1. The zero-order valence-corrected chi connectivity index (χ0v) is 14.7. The lowest BCUT2D eigenvalue weighted by molar-refractivity contribution is 0.277. The Hall–Kier alpha value is -2.53. The highest BCUT2D eigenvalue weighted by atomic mass is 19.1. The highest BCUT2D eigenvalue weighted by Crippen LogP contribution is 2.24. The molecular weight excluding hydrogens is 329 g/mol. The Bertz CT molecular complexity index is 974. The van der Waals surface area contributed by atoms with Crippen molar-refractivity contribution in [3.8, 4) is 11.4 Å². The molecule has 134 valence electrons. The van der Waals surface area contributed by atoms with Crippen LogP contribution in [0.1, 0.15) is 31.2 Å². The van der Waals surface area contributed by atoms with Crippen LogP contribution in [0.25, 0.3) is 22.3 Å². The van der Waals surface area contributed by atoms with Crippen LogP contribution < -0.4 is 5.56 Å². The number of nitrogens with one attached hydrogen (secondary N) is 1. The van der Waals surface area contributed by atoms with Crippen LogP contribution in [0, 0.1) is 5.82 Å². The van der Waals surface area contributed by atoms with Crippen LogP contribution in [0.3, 0.4) is 0 Å². The maximum absolute atomic E-state index is 13.9. The number of nitrogens with zero attached hydrogens (tertiary/aromatic N) is 2. The lowest BCUT2D eigenvalue weighted by Gasteiger charge is -2.21. The first kappa shape index (κ1) is 16.9. The Labute approximate surface area is 151 Å². The third-order valence-electron chi connectivity index (χ3n) is 5.03. The molecule has 4 rings (SSSR count). The molecule has 1 aliphatic heterocycles. The first-order valence-corrected chi connectivity index (χ1v) is 9.21. The Morgan fingerprint density at radius 3 is 2.62 bits per heavy atom. The van der Waals surface area contributed by atoms with Gasteiger partial charge < -0.3 is 4.98 Å². The Balaban J connectivity index is 1.75. The fraction of sp³-hybridized carbons (Fsp3) is 0.333. The van der Waals surface area contributed by atoms with E-state index in [1.54, 1.807) is 18.2 Å². The second kappa shape index (κ2) is 7.38. The largest absolute Gasteiger partial charge is 0.306 e. The summed E-state index contributed by atoms with van der Waals surface area (Å²) in [6.07, 6.45) is 4.86. The minimum atomic E-state index is -0.262. The van der Waals surface area contributed by atoms with E-state index < -0.39 is 0 Å². The first-order chi connectivity index (χ1) is 12.7. The van der Waals surface area contributed by atoms with Crippen LogP contribution in [0.15, 0.2) is 47.3 Å². The number of benzene rings is 2. The van der Waals surface area contributed by atoms with Crippen LogP contribution in [0.5, 0.6) is 0 Å². The van der Waals surface area contributed by atoms with E-state index in [0.717, 1.165) is 24.2 Å². The Morgan fingerprint density at radius 2 is 1.81 bits per heavy atom. The van der Waals surface area contributed by atoms with Gasteiger partial charge in [0.15, 0.2) is 0 Å². The predicted molar refractivity (Wildman–Crippen MR) is 102 cm³/mol. The van der Waals surface area contributed by atoms with E-state index in [0.29, 0.717) is 23.3 Å². The highest BCUT2D eigenvalue weighted by molar-refractivity contribution is 5.79. The summed E-state index contributed by atoms with van der Waals surface area (Å²) in [6.45, 7) is 2.72. The quantitative estimate of drug-likeness (QED) is 0.773. The van der Waals surface area contributed by atoms with Crippen molar-refractivity contribution in [1.82, 2.24) is 14.9 Å². The second-order valence-corrected chi connectivity index (χ2v) is 6.92. The monoisotopic (exact) mass is 351 g/mol. The molecule has 0 aliphatic carbocycles. The van der Waals surface area contributed by atoms with Gasteiger partial charge in [0.25, 0.3) is 5.56 Å². The van der Waals surface area contributed by atoms with E-state index in [2.05, 4.69) is 14.9 Å². The molecule has 0 unspecified atom stereocenters. The van der Waals surface area contributed by atoms with Gasteiger partial charge in [0, 0.05) is 12.1 Å². The predicted octanol–water partition coefficient (Wildman–Crippen LogP) is 4.11. The van der Waals surface area contributed by atoms with Gasteiger partial charge in [-0.25, -0.2) is 9.37 Å². The van der Waals surface area contributed by atoms with Crippen molar-refractivity contribution in [3.63, 3.8) is 0 Å². The fourth-order valence-corrected chi connectivity index (χ4v) is 3.67. The van der Waals surface area contributed by atoms with E-state index in [4.69, 9.17) is 0 Å². The highest BCUT2D eigenvalue weighted by Gasteiger charge is 2.15. The zero-order chi connectivity index (χ0) is 17.9. The molecule has 1 saturated heterocycles. The minimum absolute atomic E-state index is 0.171. The first-order valence-electron chi connectivity index (χ1n) is 9.21. The zero-order valence-electron chi connectivity index (χ0n) is 14.7. The average Bonchev–Trinajstić information content (AvgIpc) is 2.90. The number of para-hydroxylation sites is 1. The standard InChI is InChI=1S/C21H22FN3O/c22-16-9-10-17(15(13-16)14-25-11-5-1-2-6-12-25)20-23-19-8-4-3-7-18(19)21(26)24-20/h3-4,7-10,13H,1-2,5-6,11-12,14H2,(H,23,24,26). The molecule has 1 aliphatic rings. The summed E-state index contributed by atoms with van der Waals surface area (Å²) in [5.41, 5.74) is 2.13. The van der Waals surface area contributed by atoms with Crippen molar-refractivity contribution in [2.24, 2.45) is 0 Å². The number of H-pyrrole nitrogens is 1. The molecule has 5 heteroatoms. The van der Waals surface area contributed by atoms with Crippen molar-refractivity contribution < 1.29 is 4.39 Å². The van der Waals surface area contributed by atoms with Gasteiger partial charge >= 0.3 is 0 Å².